The molecule has 6 heteroatoms. The summed E-state index contributed by atoms with van der Waals surface area (Å²) in [5.41, 5.74) is 2.17. The molecule has 1 saturated heterocycles. The molecule has 1 aromatic carbocycles. The molecule has 1 N–H and O–H groups in total. The number of aryl methyl sites for hydroxylation is 1. The second-order valence-corrected chi connectivity index (χ2v) is 8.22. The van der Waals surface area contributed by atoms with E-state index in [1.807, 2.05) is 54.7 Å². The predicted molar refractivity (Wildman–Crippen MR) is 102 cm³/mol. The number of carbonyl (C=O) groups is 1. The van der Waals surface area contributed by atoms with E-state index in [0.717, 1.165) is 5.69 Å². The molecule has 4 nitrogen and oxygen atoms in total. The Morgan fingerprint density at radius 2 is 1.96 bits per heavy atom. The molecule has 24 heavy (non-hydrogen) atoms. The zero-order valence-electron chi connectivity index (χ0n) is 13.5. The summed E-state index contributed by atoms with van der Waals surface area (Å²) in [6.07, 6.45) is 1.29. The Hall–Kier alpha value is -1.66. The van der Waals surface area contributed by atoms with Crippen LogP contribution in [0.25, 0.3) is 0 Å². The molecule has 3 rings (SSSR count). The van der Waals surface area contributed by atoms with Crippen LogP contribution in [0.5, 0.6) is 5.75 Å². The van der Waals surface area contributed by atoms with Crippen LogP contribution in [0.2, 0.25) is 0 Å². The van der Waals surface area contributed by atoms with E-state index in [2.05, 4.69) is 22.4 Å². The van der Waals surface area contributed by atoms with Crippen molar-refractivity contribution in [1.29, 1.82) is 0 Å². The fourth-order valence-corrected chi connectivity index (χ4v) is 5.24. The number of hydrogen-bond donors (Lipinski definition) is 1. The molecule has 1 aliphatic rings. The Morgan fingerprint density at radius 3 is 2.67 bits per heavy atom. The highest BCUT2D eigenvalue weighted by atomic mass is 32.2. The summed E-state index contributed by atoms with van der Waals surface area (Å²) in [7, 11) is 0. The fraction of sp³-hybridized carbons (Fsp3) is 0.333. The lowest BCUT2D eigenvalue weighted by Crippen LogP contribution is -2.20. The van der Waals surface area contributed by atoms with Gasteiger partial charge < -0.3 is 10.1 Å². The van der Waals surface area contributed by atoms with Crippen molar-refractivity contribution in [1.82, 2.24) is 4.98 Å². The maximum Gasteiger partial charge on any atom is 0.263 e. The van der Waals surface area contributed by atoms with Gasteiger partial charge in [-0.05, 0) is 54.7 Å². The van der Waals surface area contributed by atoms with Gasteiger partial charge in [0.2, 0.25) is 0 Å². The lowest BCUT2D eigenvalue weighted by molar-refractivity contribution is -0.118. The molecule has 1 amide bonds. The zero-order chi connectivity index (χ0) is 16.8. The van der Waals surface area contributed by atoms with E-state index in [9.17, 15) is 4.79 Å². The molecule has 0 unspecified atom stereocenters. The van der Waals surface area contributed by atoms with Gasteiger partial charge in [-0.15, -0.1) is 23.5 Å². The van der Waals surface area contributed by atoms with E-state index < -0.39 is 0 Å². The summed E-state index contributed by atoms with van der Waals surface area (Å²) in [5.74, 6) is 3.49. The molecule has 2 heterocycles. The molecular weight excluding hydrogens is 340 g/mol. The van der Waals surface area contributed by atoms with Crippen LogP contribution >= 0.6 is 23.5 Å². The molecule has 2 aromatic rings. The van der Waals surface area contributed by atoms with Crippen LogP contribution in [0, 0.1) is 6.92 Å². The molecule has 126 valence electrons. The van der Waals surface area contributed by atoms with Crippen LogP contribution in [0.15, 0.2) is 42.5 Å². The Kier molecular flexibility index (Phi) is 6.04. The minimum Gasteiger partial charge on any atom is -0.484 e. The Bertz CT molecular complexity index is 686. The van der Waals surface area contributed by atoms with Crippen LogP contribution in [-0.4, -0.2) is 29.0 Å². The summed E-state index contributed by atoms with van der Waals surface area (Å²) in [6.45, 7) is 1.86. The van der Waals surface area contributed by atoms with Crippen molar-refractivity contribution in [3.05, 3.63) is 53.7 Å². The first kappa shape index (κ1) is 17.2. The van der Waals surface area contributed by atoms with Gasteiger partial charge in [0.1, 0.15) is 11.6 Å². The normalized spacial score (nSPS) is 15.0. The third-order valence-corrected chi connectivity index (χ3v) is 6.52. The number of aromatic nitrogens is 1. The number of carbonyl (C=O) groups excluding carboxylic acids is 1. The molecule has 1 aromatic heterocycles. The molecule has 1 aliphatic heterocycles. The summed E-state index contributed by atoms with van der Waals surface area (Å²) in [5, 5.41) is 2.73. The number of benzene rings is 1. The molecule has 0 saturated carbocycles. The van der Waals surface area contributed by atoms with Crippen molar-refractivity contribution in [3.8, 4) is 5.75 Å². The summed E-state index contributed by atoms with van der Waals surface area (Å²) in [4.78, 5) is 16.2. The van der Waals surface area contributed by atoms with E-state index in [-0.39, 0.29) is 12.5 Å². The minimum atomic E-state index is -0.212. The van der Waals surface area contributed by atoms with Crippen molar-refractivity contribution in [3.63, 3.8) is 0 Å². The lowest BCUT2D eigenvalue weighted by Gasteiger charge is -2.21. The molecule has 0 radical (unpaired) electrons. The first-order valence-electron chi connectivity index (χ1n) is 7.90. The highest BCUT2D eigenvalue weighted by Gasteiger charge is 2.16. The van der Waals surface area contributed by atoms with Crippen LogP contribution in [0.3, 0.4) is 0 Å². The van der Waals surface area contributed by atoms with Crippen LogP contribution in [0.4, 0.5) is 5.82 Å². The van der Waals surface area contributed by atoms with Crippen molar-refractivity contribution < 1.29 is 9.53 Å². The average Bonchev–Trinajstić information content (AvgIpc) is 2.61. The maximum atomic E-state index is 11.9. The van der Waals surface area contributed by atoms with Gasteiger partial charge in [-0.3, -0.25) is 4.79 Å². The summed E-state index contributed by atoms with van der Waals surface area (Å²) < 4.78 is 6.08. The number of ether oxygens (including phenoxy) is 1. The van der Waals surface area contributed by atoms with Crippen molar-refractivity contribution >= 4 is 35.2 Å². The first-order valence-corrected chi connectivity index (χ1v) is 10.00. The first-order chi connectivity index (χ1) is 11.7. The topological polar surface area (TPSA) is 51.2 Å². The molecule has 0 atom stereocenters. The molecular formula is C18H20N2O2S2. The third kappa shape index (κ3) is 4.92. The van der Waals surface area contributed by atoms with Gasteiger partial charge in [-0.2, -0.15) is 0 Å². The quantitative estimate of drug-likeness (QED) is 0.863. The number of amides is 1. The monoisotopic (exact) mass is 360 g/mol. The van der Waals surface area contributed by atoms with Crippen molar-refractivity contribution in [2.75, 3.05) is 23.4 Å². The smallest absolute Gasteiger partial charge is 0.263 e. The minimum absolute atomic E-state index is 0.0259. The SMILES string of the molecule is Cc1cccc(NC(=O)COc2ccc(C3SCCCS3)cc2)n1. The Balaban J connectivity index is 1.50. The average molecular weight is 361 g/mol. The second kappa shape index (κ2) is 8.44. The standard InChI is InChI=1S/C18H20N2O2S2/c1-13-4-2-5-16(19-13)20-17(21)12-22-15-8-6-14(7-9-15)18-23-10-3-11-24-18/h2,4-9,18H,3,10-12H2,1H3,(H,19,20,21). The van der Waals surface area contributed by atoms with E-state index in [1.165, 1.54) is 23.5 Å². The van der Waals surface area contributed by atoms with Crippen molar-refractivity contribution in [2.45, 2.75) is 17.9 Å². The van der Waals surface area contributed by atoms with Crippen molar-refractivity contribution in [2.24, 2.45) is 0 Å². The number of hydrogen-bond acceptors (Lipinski definition) is 5. The summed E-state index contributed by atoms with van der Waals surface area (Å²) in [6, 6.07) is 13.6. The zero-order valence-corrected chi connectivity index (χ0v) is 15.2. The predicted octanol–water partition coefficient (Wildman–Crippen LogP) is 4.28. The number of rotatable bonds is 5. The lowest BCUT2D eigenvalue weighted by atomic mass is 10.2. The Labute approximate surface area is 150 Å². The van der Waals surface area contributed by atoms with Gasteiger partial charge in [0.05, 0.1) is 4.58 Å². The second-order valence-electron chi connectivity index (χ2n) is 5.50. The van der Waals surface area contributed by atoms with E-state index in [0.29, 0.717) is 16.1 Å². The van der Waals surface area contributed by atoms with E-state index in [1.54, 1.807) is 6.07 Å². The van der Waals surface area contributed by atoms with E-state index >= 15 is 0 Å². The highest BCUT2D eigenvalue weighted by Crippen LogP contribution is 2.43. The molecule has 0 bridgehead atoms. The largest absolute Gasteiger partial charge is 0.484 e. The fourth-order valence-electron chi connectivity index (χ4n) is 2.34. The summed E-state index contributed by atoms with van der Waals surface area (Å²) >= 11 is 3.99. The number of anilines is 1. The number of nitrogens with zero attached hydrogens (tertiary/aromatic N) is 1. The van der Waals surface area contributed by atoms with E-state index in [4.69, 9.17) is 4.74 Å². The maximum absolute atomic E-state index is 11.9. The van der Waals surface area contributed by atoms with Gasteiger partial charge in [0, 0.05) is 5.69 Å². The van der Waals surface area contributed by atoms with Gasteiger partial charge >= 0.3 is 0 Å². The molecule has 0 aliphatic carbocycles. The number of pyridine rings is 1. The molecule has 1 fully saturated rings. The third-order valence-electron chi connectivity index (χ3n) is 3.51. The number of nitrogens with one attached hydrogen (secondary N) is 1. The van der Waals surface area contributed by atoms with Gasteiger partial charge in [0.15, 0.2) is 6.61 Å². The van der Waals surface area contributed by atoms with Crippen LogP contribution in [-0.2, 0) is 4.79 Å². The Morgan fingerprint density at radius 1 is 1.21 bits per heavy atom. The van der Waals surface area contributed by atoms with Gasteiger partial charge in [-0.25, -0.2) is 4.98 Å². The number of thioether (sulfide) groups is 2. The molecule has 0 spiro atoms. The van der Waals surface area contributed by atoms with Crippen LogP contribution < -0.4 is 10.1 Å². The van der Waals surface area contributed by atoms with Gasteiger partial charge in [-0.1, -0.05) is 18.2 Å². The van der Waals surface area contributed by atoms with Crippen LogP contribution in [0.1, 0.15) is 22.3 Å². The van der Waals surface area contributed by atoms with Gasteiger partial charge in [0.25, 0.3) is 5.91 Å². The highest BCUT2D eigenvalue weighted by molar-refractivity contribution is 8.16.